The van der Waals surface area contributed by atoms with E-state index in [1.54, 1.807) is 0 Å². The van der Waals surface area contributed by atoms with Crippen LogP contribution in [-0.4, -0.2) is 21.9 Å². The van der Waals surface area contributed by atoms with Crippen LogP contribution in [0.4, 0.5) is 0 Å². The number of carbonyl (C=O) groups is 1. The van der Waals surface area contributed by atoms with E-state index in [4.69, 9.17) is 4.42 Å². The molecule has 3 rings (SSSR count). The van der Waals surface area contributed by atoms with Gasteiger partial charge >= 0.3 is 0 Å². The molecule has 6 heteroatoms. The van der Waals surface area contributed by atoms with Gasteiger partial charge in [0, 0.05) is 12.1 Å². The molecule has 1 N–H and O–H groups in total. The van der Waals surface area contributed by atoms with Gasteiger partial charge in [-0.05, 0) is 31.5 Å². The molecular weight excluding hydrogens is 334 g/mol. The maximum atomic E-state index is 12.0. The summed E-state index contributed by atoms with van der Waals surface area (Å²) >= 11 is 1.23. The number of hydrogen-bond donors (Lipinski definition) is 1. The summed E-state index contributed by atoms with van der Waals surface area (Å²) in [5.74, 6) is 0.633. The first-order valence-electron chi connectivity index (χ1n) is 7.96. The summed E-state index contributed by atoms with van der Waals surface area (Å²) in [5, 5.41) is 11.3. The maximum Gasteiger partial charge on any atom is 0.277 e. The lowest BCUT2D eigenvalue weighted by Gasteiger charge is -2.04. The number of aryl methyl sites for hydroxylation is 2. The molecule has 0 spiro atoms. The Balaban J connectivity index is 1.50. The molecule has 5 nitrogen and oxygen atoms in total. The predicted molar refractivity (Wildman–Crippen MR) is 98.2 cm³/mol. The largest absolute Gasteiger partial charge is 0.411 e. The lowest BCUT2D eigenvalue weighted by Crippen LogP contribution is -2.24. The van der Waals surface area contributed by atoms with Crippen LogP contribution < -0.4 is 5.32 Å². The minimum absolute atomic E-state index is 0.0686. The van der Waals surface area contributed by atoms with Crippen LogP contribution in [0.3, 0.4) is 0 Å². The smallest absolute Gasteiger partial charge is 0.277 e. The van der Waals surface area contributed by atoms with Gasteiger partial charge < -0.3 is 9.73 Å². The Hall–Kier alpha value is -2.60. The molecule has 0 aliphatic rings. The minimum atomic E-state index is -0.0686. The molecule has 0 fully saturated rings. The first kappa shape index (κ1) is 17.2. The van der Waals surface area contributed by atoms with Crippen molar-refractivity contribution in [3.8, 4) is 11.5 Å². The van der Waals surface area contributed by atoms with E-state index < -0.39 is 0 Å². The molecule has 0 aliphatic heterocycles. The van der Waals surface area contributed by atoms with Gasteiger partial charge in [-0.15, -0.1) is 10.2 Å². The molecule has 1 aromatic heterocycles. The molecule has 0 bridgehead atoms. The fourth-order valence-electron chi connectivity index (χ4n) is 2.25. The third kappa shape index (κ3) is 4.93. The predicted octanol–water partition coefficient (Wildman–Crippen LogP) is 3.76. The number of benzene rings is 2. The van der Waals surface area contributed by atoms with Gasteiger partial charge in [0.25, 0.3) is 5.22 Å². The quantitative estimate of drug-likeness (QED) is 0.683. The standard InChI is InChI=1S/C19H19N3O2S/c1-13-6-8-15(9-7-13)11-20-17(23)12-25-19-22-21-18(24-19)16-5-3-4-14(2)10-16/h3-10H,11-12H2,1-2H3,(H,20,23). The lowest BCUT2D eigenvalue weighted by atomic mass is 10.1. The topological polar surface area (TPSA) is 68.0 Å². The Morgan fingerprint density at radius 2 is 1.88 bits per heavy atom. The van der Waals surface area contributed by atoms with Crippen molar-refractivity contribution in [1.82, 2.24) is 15.5 Å². The SMILES string of the molecule is Cc1ccc(CNC(=O)CSc2nnc(-c3cccc(C)c3)o2)cc1. The first-order valence-corrected chi connectivity index (χ1v) is 8.94. The fourth-order valence-corrected chi connectivity index (χ4v) is 2.84. The highest BCUT2D eigenvalue weighted by atomic mass is 32.2. The zero-order valence-corrected chi connectivity index (χ0v) is 15.0. The molecule has 0 saturated heterocycles. The van der Waals surface area contributed by atoms with Crippen molar-refractivity contribution in [2.24, 2.45) is 0 Å². The molecule has 0 radical (unpaired) electrons. The zero-order chi connectivity index (χ0) is 17.6. The number of hydrogen-bond acceptors (Lipinski definition) is 5. The summed E-state index contributed by atoms with van der Waals surface area (Å²) in [6.07, 6.45) is 0. The van der Waals surface area contributed by atoms with Crippen LogP contribution >= 0.6 is 11.8 Å². The van der Waals surface area contributed by atoms with E-state index in [2.05, 4.69) is 15.5 Å². The number of aromatic nitrogens is 2. The Labute approximate surface area is 150 Å². The second-order valence-electron chi connectivity index (χ2n) is 5.79. The minimum Gasteiger partial charge on any atom is -0.411 e. The molecule has 0 aliphatic carbocycles. The van der Waals surface area contributed by atoms with E-state index in [1.807, 2.05) is 62.4 Å². The van der Waals surface area contributed by atoms with Crippen LogP contribution in [0.1, 0.15) is 16.7 Å². The lowest BCUT2D eigenvalue weighted by molar-refractivity contribution is -0.118. The number of rotatable bonds is 6. The van der Waals surface area contributed by atoms with Gasteiger partial charge in [-0.3, -0.25) is 4.79 Å². The monoisotopic (exact) mass is 353 g/mol. The van der Waals surface area contributed by atoms with Crippen LogP contribution in [0.2, 0.25) is 0 Å². The second kappa shape index (κ2) is 7.98. The number of carbonyl (C=O) groups excluding carboxylic acids is 1. The Morgan fingerprint density at radius 3 is 2.64 bits per heavy atom. The van der Waals surface area contributed by atoms with E-state index in [0.29, 0.717) is 17.7 Å². The molecule has 128 valence electrons. The van der Waals surface area contributed by atoms with Crippen LogP contribution in [-0.2, 0) is 11.3 Å². The summed E-state index contributed by atoms with van der Waals surface area (Å²) in [5.41, 5.74) is 4.28. The molecule has 25 heavy (non-hydrogen) atoms. The zero-order valence-electron chi connectivity index (χ0n) is 14.2. The van der Waals surface area contributed by atoms with Crippen molar-refractivity contribution < 1.29 is 9.21 Å². The summed E-state index contributed by atoms with van der Waals surface area (Å²) in [4.78, 5) is 12.0. The van der Waals surface area contributed by atoms with Crippen LogP contribution in [0.25, 0.3) is 11.5 Å². The molecule has 2 aromatic carbocycles. The molecule has 0 unspecified atom stereocenters. The normalized spacial score (nSPS) is 10.6. The molecule has 0 atom stereocenters. The van der Waals surface area contributed by atoms with Gasteiger partial charge in [0.1, 0.15) is 0 Å². The molecule has 1 amide bonds. The van der Waals surface area contributed by atoms with Crippen molar-refractivity contribution in [3.63, 3.8) is 0 Å². The van der Waals surface area contributed by atoms with Crippen molar-refractivity contribution in [1.29, 1.82) is 0 Å². The van der Waals surface area contributed by atoms with Crippen molar-refractivity contribution in [2.45, 2.75) is 25.6 Å². The van der Waals surface area contributed by atoms with Crippen LogP contribution in [0.5, 0.6) is 0 Å². The third-order valence-corrected chi connectivity index (χ3v) is 4.43. The van der Waals surface area contributed by atoms with Crippen LogP contribution in [0, 0.1) is 13.8 Å². The van der Waals surface area contributed by atoms with Gasteiger partial charge in [0.2, 0.25) is 11.8 Å². The van der Waals surface area contributed by atoms with Crippen molar-refractivity contribution >= 4 is 17.7 Å². The molecule has 3 aromatic rings. The fraction of sp³-hybridized carbons (Fsp3) is 0.211. The van der Waals surface area contributed by atoms with E-state index in [9.17, 15) is 4.79 Å². The molecule has 0 saturated carbocycles. The van der Waals surface area contributed by atoms with Crippen LogP contribution in [0.15, 0.2) is 58.2 Å². The maximum absolute atomic E-state index is 12.0. The molecule has 1 heterocycles. The highest BCUT2D eigenvalue weighted by Crippen LogP contribution is 2.23. The van der Waals surface area contributed by atoms with E-state index in [-0.39, 0.29) is 11.7 Å². The van der Waals surface area contributed by atoms with E-state index >= 15 is 0 Å². The Kier molecular flexibility index (Phi) is 5.50. The van der Waals surface area contributed by atoms with E-state index in [0.717, 1.165) is 16.7 Å². The summed E-state index contributed by atoms with van der Waals surface area (Å²) < 4.78 is 5.61. The average molecular weight is 353 g/mol. The highest BCUT2D eigenvalue weighted by molar-refractivity contribution is 7.99. The number of amides is 1. The Morgan fingerprint density at radius 1 is 1.08 bits per heavy atom. The van der Waals surface area contributed by atoms with Gasteiger partial charge in [-0.1, -0.05) is 59.3 Å². The first-order chi connectivity index (χ1) is 12.1. The third-order valence-electron chi connectivity index (χ3n) is 3.61. The summed E-state index contributed by atoms with van der Waals surface area (Å²) in [7, 11) is 0. The number of thioether (sulfide) groups is 1. The van der Waals surface area contributed by atoms with Gasteiger partial charge in [0.05, 0.1) is 5.75 Å². The van der Waals surface area contributed by atoms with Gasteiger partial charge in [-0.2, -0.15) is 0 Å². The molecular formula is C19H19N3O2S. The van der Waals surface area contributed by atoms with E-state index in [1.165, 1.54) is 17.3 Å². The summed E-state index contributed by atoms with van der Waals surface area (Å²) in [6, 6.07) is 15.9. The number of nitrogens with zero attached hydrogens (tertiary/aromatic N) is 2. The second-order valence-corrected chi connectivity index (χ2v) is 6.72. The highest BCUT2D eigenvalue weighted by Gasteiger charge is 2.11. The van der Waals surface area contributed by atoms with Gasteiger partial charge in [0.15, 0.2) is 0 Å². The van der Waals surface area contributed by atoms with Crippen molar-refractivity contribution in [3.05, 3.63) is 65.2 Å². The van der Waals surface area contributed by atoms with Gasteiger partial charge in [-0.25, -0.2) is 0 Å². The summed E-state index contributed by atoms with van der Waals surface area (Å²) in [6.45, 7) is 4.56. The Bertz CT molecular complexity index is 859. The number of nitrogens with one attached hydrogen (secondary N) is 1. The average Bonchev–Trinajstić information content (AvgIpc) is 3.08. The van der Waals surface area contributed by atoms with Crippen molar-refractivity contribution in [2.75, 3.05) is 5.75 Å².